The van der Waals surface area contributed by atoms with Crippen LogP contribution in [0.4, 0.5) is 13.2 Å². The first-order valence-electron chi connectivity index (χ1n) is 5.95. The van der Waals surface area contributed by atoms with Crippen molar-refractivity contribution < 1.29 is 18.0 Å². The van der Waals surface area contributed by atoms with Gasteiger partial charge in [-0.15, -0.1) is 0 Å². The molecular formula is C13H17F3N2O. The maximum absolute atomic E-state index is 13.0. The number of rotatable bonds is 5. The molecule has 6 heteroatoms. The highest BCUT2D eigenvalue weighted by atomic mass is 19.4. The van der Waals surface area contributed by atoms with Crippen molar-refractivity contribution in [2.45, 2.75) is 31.5 Å². The van der Waals surface area contributed by atoms with Crippen molar-refractivity contribution >= 4 is 5.91 Å². The number of nitrogens with two attached hydrogens (primary N) is 1. The van der Waals surface area contributed by atoms with E-state index in [0.29, 0.717) is 0 Å². The van der Waals surface area contributed by atoms with Crippen molar-refractivity contribution in [1.29, 1.82) is 0 Å². The van der Waals surface area contributed by atoms with Crippen molar-refractivity contribution in [2.75, 3.05) is 6.54 Å². The SMILES string of the molecule is C[C@@H](CN)NC(=O)CC(c1ccccc1)C(F)(F)F. The minimum atomic E-state index is -4.45. The van der Waals surface area contributed by atoms with Gasteiger partial charge < -0.3 is 11.1 Å². The van der Waals surface area contributed by atoms with Crippen LogP contribution in [0.5, 0.6) is 0 Å². The van der Waals surface area contributed by atoms with Crippen molar-refractivity contribution in [2.24, 2.45) is 5.73 Å². The summed E-state index contributed by atoms with van der Waals surface area (Å²) in [5.74, 6) is -2.44. The normalized spacial score (nSPS) is 14.8. The number of hydrogen-bond donors (Lipinski definition) is 2. The number of benzene rings is 1. The Morgan fingerprint density at radius 2 is 1.89 bits per heavy atom. The van der Waals surface area contributed by atoms with Gasteiger partial charge in [0.25, 0.3) is 0 Å². The molecule has 0 spiro atoms. The Bertz CT molecular complexity index is 406. The average molecular weight is 274 g/mol. The van der Waals surface area contributed by atoms with Crippen molar-refractivity contribution in [3.05, 3.63) is 35.9 Å². The van der Waals surface area contributed by atoms with E-state index in [0.717, 1.165) is 0 Å². The van der Waals surface area contributed by atoms with E-state index in [2.05, 4.69) is 5.32 Å². The summed E-state index contributed by atoms with van der Waals surface area (Å²) >= 11 is 0. The first-order valence-corrected chi connectivity index (χ1v) is 5.95. The van der Waals surface area contributed by atoms with E-state index in [-0.39, 0.29) is 18.2 Å². The van der Waals surface area contributed by atoms with Gasteiger partial charge in [0.1, 0.15) is 0 Å². The van der Waals surface area contributed by atoms with Gasteiger partial charge >= 0.3 is 6.18 Å². The minimum absolute atomic E-state index is 0.0885. The zero-order valence-electron chi connectivity index (χ0n) is 10.6. The summed E-state index contributed by atoms with van der Waals surface area (Å²) in [6.07, 6.45) is -5.08. The Morgan fingerprint density at radius 3 is 2.37 bits per heavy atom. The van der Waals surface area contributed by atoms with Gasteiger partial charge in [-0.05, 0) is 12.5 Å². The molecule has 1 aromatic carbocycles. The zero-order chi connectivity index (χ0) is 14.5. The molecule has 0 aromatic heterocycles. The summed E-state index contributed by atoms with van der Waals surface area (Å²) in [7, 11) is 0. The van der Waals surface area contributed by atoms with Gasteiger partial charge in [-0.2, -0.15) is 13.2 Å². The second-order valence-electron chi connectivity index (χ2n) is 4.41. The molecular weight excluding hydrogens is 257 g/mol. The highest BCUT2D eigenvalue weighted by Crippen LogP contribution is 2.37. The lowest BCUT2D eigenvalue weighted by molar-refractivity contribution is -0.157. The maximum atomic E-state index is 13.0. The van der Waals surface area contributed by atoms with Gasteiger partial charge in [-0.1, -0.05) is 30.3 Å². The van der Waals surface area contributed by atoms with Crippen molar-refractivity contribution in [1.82, 2.24) is 5.32 Å². The fourth-order valence-electron chi connectivity index (χ4n) is 1.69. The molecule has 2 atom stereocenters. The van der Waals surface area contributed by atoms with Crippen LogP contribution in [-0.4, -0.2) is 24.7 Å². The third kappa shape index (κ3) is 4.90. The highest BCUT2D eigenvalue weighted by Gasteiger charge is 2.41. The molecule has 0 fully saturated rings. The number of carbonyl (C=O) groups excluding carboxylic acids is 1. The Kier molecular flexibility index (Phi) is 5.35. The van der Waals surface area contributed by atoms with E-state index in [1.807, 2.05) is 0 Å². The predicted molar refractivity (Wildman–Crippen MR) is 66.5 cm³/mol. The minimum Gasteiger partial charge on any atom is -0.352 e. The third-order valence-electron chi connectivity index (χ3n) is 2.75. The van der Waals surface area contributed by atoms with Gasteiger partial charge in [-0.25, -0.2) is 0 Å². The fourth-order valence-corrected chi connectivity index (χ4v) is 1.69. The van der Waals surface area contributed by atoms with Crippen LogP contribution < -0.4 is 11.1 Å². The summed E-state index contributed by atoms with van der Waals surface area (Å²) in [4.78, 5) is 11.6. The Balaban J connectivity index is 2.80. The van der Waals surface area contributed by atoms with Crippen LogP contribution in [0.15, 0.2) is 30.3 Å². The van der Waals surface area contributed by atoms with Crippen LogP contribution >= 0.6 is 0 Å². The molecule has 1 unspecified atom stereocenters. The lowest BCUT2D eigenvalue weighted by Gasteiger charge is -2.21. The molecule has 0 heterocycles. The average Bonchev–Trinajstić information content (AvgIpc) is 2.35. The van der Waals surface area contributed by atoms with Crippen LogP contribution in [0.1, 0.15) is 24.8 Å². The summed E-state index contributed by atoms with van der Waals surface area (Å²) in [6.45, 7) is 1.83. The maximum Gasteiger partial charge on any atom is 0.396 e. The summed E-state index contributed by atoms with van der Waals surface area (Å²) in [5, 5.41) is 2.44. The summed E-state index contributed by atoms with van der Waals surface area (Å²) < 4.78 is 38.9. The highest BCUT2D eigenvalue weighted by molar-refractivity contribution is 5.77. The topological polar surface area (TPSA) is 55.1 Å². The third-order valence-corrected chi connectivity index (χ3v) is 2.75. The molecule has 1 rings (SSSR count). The van der Waals surface area contributed by atoms with Crippen molar-refractivity contribution in [3.63, 3.8) is 0 Å². The van der Waals surface area contributed by atoms with E-state index in [4.69, 9.17) is 5.73 Å². The summed E-state index contributed by atoms with van der Waals surface area (Å²) in [6, 6.07) is 7.09. The molecule has 106 valence electrons. The Labute approximate surface area is 110 Å². The smallest absolute Gasteiger partial charge is 0.352 e. The fraction of sp³-hybridized carbons (Fsp3) is 0.462. The molecule has 0 aliphatic rings. The molecule has 1 aromatic rings. The number of alkyl halides is 3. The molecule has 1 amide bonds. The number of carbonyl (C=O) groups is 1. The molecule has 3 nitrogen and oxygen atoms in total. The summed E-state index contributed by atoms with van der Waals surface area (Å²) in [5.41, 5.74) is 5.40. The van der Waals surface area contributed by atoms with Crippen LogP contribution in [0.3, 0.4) is 0 Å². The lowest BCUT2D eigenvalue weighted by atomic mass is 9.94. The van der Waals surface area contributed by atoms with E-state index in [1.165, 1.54) is 24.3 Å². The Hall–Kier alpha value is -1.56. The first kappa shape index (κ1) is 15.5. The molecule has 0 saturated heterocycles. The van der Waals surface area contributed by atoms with E-state index < -0.39 is 24.4 Å². The van der Waals surface area contributed by atoms with Crippen LogP contribution in [-0.2, 0) is 4.79 Å². The van der Waals surface area contributed by atoms with Gasteiger partial charge in [-0.3, -0.25) is 4.79 Å². The van der Waals surface area contributed by atoms with Crippen LogP contribution in [0.25, 0.3) is 0 Å². The van der Waals surface area contributed by atoms with E-state index >= 15 is 0 Å². The Morgan fingerprint density at radius 1 is 1.32 bits per heavy atom. The largest absolute Gasteiger partial charge is 0.396 e. The van der Waals surface area contributed by atoms with E-state index in [1.54, 1.807) is 13.0 Å². The molecule has 3 N–H and O–H groups in total. The second kappa shape index (κ2) is 6.56. The molecule has 0 aliphatic heterocycles. The van der Waals surface area contributed by atoms with Crippen LogP contribution in [0, 0.1) is 0 Å². The van der Waals surface area contributed by atoms with Gasteiger partial charge in [0.05, 0.1) is 5.92 Å². The number of amides is 1. The number of halogens is 3. The number of nitrogens with one attached hydrogen (secondary N) is 1. The first-order chi connectivity index (χ1) is 8.84. The zero-order valence-corrected chi connectivity index (χ0v) is 10.6. The van der Waals surface area contributed by atoms with Gasteiger partial charge in [0.15, 0.2) is 0 Å². The molecule has 0 saturated carbocycles. The van der Waals surface area contributed by atoms with Gasteiger partial charge in [0, 0.05) is 19.0 Å². The molecule has 0 radical (unpaired) electrons. The molecule has 0 bridgehead atoms. The van der Waals surface area contributed by atoms with E-state index in [9.17, 15) is 18.0 Å². The van der Waals surface area contributed by atoms with Gasteiger partial charge in [0.2, 0.25) is 5.91 Å². The molecule has 19 heavy (non-hydrogen) atoms. The molecule has 0 aliphatic carbocycles. The number of hydrogen-bond acceptors (Lipinski definition) is 2. The monoisotopic (exact) mass is 274 g/mol. The van der Waals surface area contributed by atoms with Crippen LogP contribution in [0.2, 0.25) is 0 Å². The predicted octanol–water partition coefficient (Wildman–Crippen LogP) is 2.19. The standard InChI is InChI=1S/C13H17F3N2O/c1-9(8-17)18-12(19)7-11(13(14,15)16)10-5-3-2-4-6-10/h2-6,9,11H,7-8,17H2,1H3,(H,18,19)/t9-,11?/m0/s1. The van der Waals surface area contributed by atoms with Crippen molar-refractivity contribution in [3.8, 4) is 0 Å². The second-order valence-corrected chi connectivity index (χ2v) is 4.41. The lowest BCUT2D eigenvalue weighted by Crippen LogP contribution is -2.39. The quantitative estimate of drug-likeness (QED) is 0.864.